The summed E-state index contributed by atoms with van der Waals surface area (Å²) in [7, 11) is 0. The first-order chi connectivity index (χ1) is 15.1. The monoisotopic (exact) mass is 437 g/mol. The van der Waals surface area contributed by atoms with Gasteiger partial charge in [-0.1, -0.05) is 44.2 Å². The molecule has 162 valence electrons. The van der Waals surface area contributed by atoms with Gasteiger partial charge < -0.3 is 5.32 Å². The van der Waals surface area contributed by atoms with Gasteiger partial charge in [0.05, 0.1) is 5.52 Å². The van der Waals surface area contributed by atoms with Gasteiger partial charge in [-0.3, -0.25) is 18.6 Å². The van der Waals surface area contributed by atoms with E-state index < -0.39 is 0 Å². The molecule has 8 heteroatoms. The molecule has 0 fully saturated rings. The Morgan fingerprint density at radius 2 is 2.00 bits per heavy atom. The average Bonchev–Trinajstić information content (AvgIpc) is 3.43. The zero-order valence-electron chi connectivity index (χ0n) is 17.9. The van der Waals surface area contributed by atoms with Crippen molar-refractivity contribution in [3.63, 3.8) is 0 Å². The van der Waals surface area contributed by atoms with Crippen molar-refractivity contribution < 1.29 is 4.79 Å². The largest absolute Gasteiger partial charge is 0.356 e. The fourth-order valence-electron chi connectivity index (χ4n) is 3.83. The number of fused-ring (bicyclic) bond motifs is 3. The molecule has 1 N–H and O–H groups in total. The van der Waals surface area contributed by atoms with Crippen LogP contribution in [0.5, 0.6) is 0 Å². The highest BCUT2D eigenvalue weighted by atomic mass is 32.1. The minimum Gasteiger partial charge on any atom is -0.356 e. The summed E-state index contributed by atoms with van der Waals surface area (Å²) in [5.41, 5.74) is 2.05. The fourth-order valence-corrected chi connectivity index (χ4v) is 4.65. The molecule has 0 saturated carbocycles. The minimum atomic E-state index is -0.00906. The molecule has 0 aliphatic rings. The number of aryl methyl sites for hydroxylation is 2. The summed E-state index contributed by atoms with van der Waals surface area (Å²) in [5.74, 6) is 1.68. The van der Waals surface area contributed by atoms with Crippen LogP contribution in [0.15, 0.2) is 46.6 Å². The number of benzene rings is 1. The smallest absolute Gasteiger partial charge is 0.272 e. The summed E-state index contributed by atoms with van der Waals surface area (Å²) in [5, 5.41) is 13.6. The van der Waals surface area contributed by atoms with Crippen molar-refractivity contribution in [3.05, 3.63) is 63.5 Å². The molecule has 3 heterocycles. The van der Waals surface area contributed by atoms with Crippen molar-refractivity contribution in [3.8, 4) is 0 Å². The lowest BCUT2D eigenvalue weighted by atomic mass is 10.0. The Morgan fingerprint density at radius 3 is 2.77 bits per heavy atom. The molecule has 7 nitrogen and oxygen atoms in total. The quantitative estimate of drug-likeness (QED) is 0.432. The van der Waals surface area contributed by atoms with Crippen LogP contribution in [0, 0.1) is 0 Å². The van der Waals surface area contributed by atoms with Crippen LogP contribution in [-0.4, -0.2) is 31.6 Å². The van der Waals surface area contributed by atoms with Crippen LogP contribution in [0.3, 0.4) is 0 Å². The summed E-state index contributed by atoms with van der Waals surface area (Å²) < 4.78 is 4.39. The van der Waals surface area contributed by atoms with E-state index in [1.807, 2.05) is 41.0 Å². The Bertz CT molecular complexity index is 1240. The van der Waals surface area contributed by atoms with Gasteiger partial charge in [-0.05, 0) is 35.8 Å². The number of hydrogen-bond donors (Lipinski definition) is 1. The Balaban J connectivity index is 1.41. The Morgan fingerprint density at radius 1 is 1.19 bits per heavy atom. The van der Waals surface area contributed by atoms with Crippen LogP contribution >= 0.6 is 11.3 Å². The zero-order valence-corrected chi connectivity index (χ0v) is 18.7. The van der Waals surface area contributed by atoms with E-state index in [0.29, 0.717) is 38.1 Å². The van der Waals surface area contributed by atoms with Crippen molar-refractivity contribution >= 4 is 33.2 Å². The fraction of sp³-hybridized carbons (Fsp3) is 0.391. The predicted octanol–water partition coefficient (Wildman–Crippen LogP) is 3.76. The van der Waals surface area contributed by atoms with Crippen LogP contribution in [0.4, 0.5) is 0 Å². The third kappa shape index (κ3) is 4.39. The summed E-state index contributed by atoms with van der Waals surface area (Å²) in [6.07, 6.45) is 2.57. The first-order valence-electron chi connectivity index (χ1n) is 10.8. The molecule has 0 bridgehead atoms. The highest BCUT2D eigenvalue weighted by Gasteiger charge is 2.17. The van der Waals surface area contributed by atoms with E-state index in [1.165, 1.54) is 16.9 Å². The van der Waals surface area contributed by atoms with E-state index in [0.717, 1.165) is 22.5 Å². The second kappa shape index (κ2) is 9.43. The first-order valence-corrected chi connectivity index (χ1v) is 11.6. The lowest BCUT2D eigenvalue weighted by molar-refractivity contribution is -0.121. The molecular weight excluding hydrogens is 410 g/mol. The lowest BCUT2D eigenvalue weighted by Gasteiger charge is -2.13. The van der Waals surface area contributed by atoms with E-state index in [-0.39, 0.29) is 17.4 Å². The number of thiophene rings is 1. The Kier molecular flexibility index (Phi) is 6.46. The molecule has 31 heavy (non-hydrogen) atoms. The molecule has 0 radical (unpaired) electrons. The lowest BCUT2D eigenvalue weighted by Crippen LogP contribution is -2.27. The van der Waals surface area contributed by atoms with Crippen molar-refractivity contribution in [2.24, 2.45) is 0 Å². The molecule has 0 saturated heterocycles. The summed E-state index contributed by atoms with van der Waals surface area (Å²) in [4.78, 5) is 25.1. The molecule has 0 aliphatic heterocycles. The van der Waals surface area contributed by atoms with Crippen LogP contribution in [0.2, 0.25) is 0 Å². The second-order valence-electron chi connectivity index (χ2n) is 7.81. The topological polar surface area (TPSA) is 81.3 Å². The number of hydrogen-bond acceptors (Lipinski definition) is 5. The summed E-state index contributed by atoms with van der Waals surface area (Å²) in [6.45, 7) is 5.38. The molecule has 0 spiro atoms. The third-order valence-electron chi connectivity index (χ3n) is 5.50. The molecule has 4 aromatic rings. The Labute approximate surface area is 184 Å². The van der Waals surface area contributed by atoms with Crippen molar-refractivity contribution in [2.45, 2.75) is 52.0 Å². The van der Waals surface area contributed by atoms with E-state index in [4.69, 9.17) is 0 Å². The van der Waals surface area contributed by atoms with Crippen LogP contribution in [0.1, 0.15) is 50.4 Å². The van der Waals surface area contributed by atoms with Gasteiger partial charge in [-0.15, -0.1) is 21.5 Å². The first kappa shape index (κ1) is 21.2. The number of carbonyl (C=O) groups excluding carboxylic acids is 1. The number of carbonyl (C=O) groups is 1. The highest BCUT2D eigenvalue weighted by molar-refractivity contribution is 7.17. The summed E-state index contributed by atoms with van der Waals surface area (Å²) in [6, 6.07) is 12.1. The van der Waals surface area contributed by atoms with Crippen LogP contribution < -0.4 is 10.9 Å². The van der Waals surface area contributed by atoms with Gasteiger partial charge in [0.15, 0.2) is 0 Å². The van der Waals surface area contributed by atoms with Gasteiger partial charge in [0, 0.05) is 25.9 Å². The number of nitrogens with zero attached hydrogens (tertiary/aromatic N) is 4. The molecule has 1 aromatic carbocycles. The molecule has 1 unspecified atom stereocenters. The molecule has 3 aromatic heterocycles. The number of amides is 1. The number of rotatable bonds is 9. The molecule has 0 aliphatic carbocycles. The molecule has 1 amide bonds. The van der Waals surface area contributed by atoms with Gasteiger partial charge in [0.2, 0.25) is 11.7 Å². The van der Waals surface area contributed by atoms with E-state index in [1.54, 1.807) is 4.57 Å². The molecule has 4 rings (SSSR count). The standard InChI is InChI=1S/C23H27N5O2S/c1-3-13-27-22(30)21-18(12-14-31-21)28-19(25-26-23(27)28)10-7-11-20(29)24-15-16(2)17-8-5-4-6-9-17/h4-6,8-9,12,14,16H,3,7,10-11,13,15H2,1-2H3,(H,24,29). The van der Waals surface area contributed by atoms with E-state index in [2.05, 4.69) is 34.6 Å². The van der Waals surface area contributed by atoms with Gasteiger partial charge in [0.25, 0.3) is 5.56 Å². The minimum absolute atomic E-state index is 0.00906. The number of nitrogens with one attached hydrogen (secondary N) is 1. The van der Waals surface area contributed by atoms with Crippen molar-refractivity contribution in [2.75, 3.05) is 6.54 Å². The maximum Gasteiger partial charge on any atom is 0.272 e. The van der Waals surface area contributed by atoms with Gasteiger partial charge in [-0.25, -0.2) is 0 Å². The number of aromatic nitrogens is 4. The Hall–Kier alpha value is -3.00. The maximum absolute atomic E-state index is 12.8. The van der Waals surface area contributed by atoms with E-state index in [9.17, 15) is 9.59 Å². The summed E-state index contributed by atoms with van der Waals surface area (Å²) >= 11 is 1.44. The SMILES string of the molecule is CCCn1c(=O)c2sccc2n2c(CCCC(=O)NCC(C)c3ccccc3)nnc12. The second-order valence-corrected chi connectivity index (χ2v) is 8.73. The average molecular weight is 438 g/mol. The maximum atomic E-state index is 12.8. The third-order valence-corrected chi connectivity index (χ3v) is 6.40. The van der Waals surface area contributed by atoms with Crippen LogP contribution in [-0.2, 0) is 17.8 Å². The van der Waals surface area contributed by atoms with Gasteiger partial charge in [-0.2, -0.15) is 0 Å². The predicted molar refractivity (Wildman–Crippen MR) is 124 cm³/mol. The highest BCUT2D eigenvalue weighted by Crippen LogP contribution is 2.20. The zero-order chi connectivity index (χ0) is 21.8. The molecule has 1 atom stereocenters. The van der Waals surface area contributed by atoms with Gasteiger partial charge in [0.1, 0.15) is 10.5 Å². The molecular formula is C23H27N5O2S. The van der Waals surface area contributed by atoms with Crippen LogP contribution in [0.25, 0.3) is 16.0 Å². The van der Waals surface area contributed by atoms with Crippen molar-refractivity contribution in [1.29, 1.82) is 0 Å². The normalized spacial score (nSPS) is 12.5. The van der Waals surface area contributed by atoms with Gasteiger partial charge >= 0.3 is 0 Å². The van der Waals surface area contributed by atoms with Crippen molar-refractivity contribution in [1.82, 2.24) is 24.5 Å². The van der Waals surface area contributed by atoms with E-state index >= 15 is 0 Å².